The molecule has 0 aliphatic rings. The first-order valence-electron chi connectivity index (χ1n) is 5.48. The molecule has 2 rings (SSSR count). The van der Waals surface area contributed by atoms with Gasteiger partial charge in [0.25, 0.3) is 5.91 Å². The monoisotopic (exact) mass is 243 g/mol. The summed E-state index contributed by atoms with van der Waals surface area (Å²) in [4.78, 5) is 18.9. The Labute approximate surface area is 105 Å². The molecule has 0 aliphatic heterocycles. The summed E-state index contributed by atoms with van der Waals surface area (Å²) >= 11 is 0. The van der Waals surface area contributed by atoms with Gasteiger partial charge >= 0.3 is 0 Å². The third-order valence-corrected chi connectivity index (χ3v) is 2.40. The van der Waals surface area contributed by atoms with E-state index in [0.717, 1.165) is 11.1 Å². The fraction of sp³-hybridized carbons (Fsp3) is 0.154. The van der Waals surface area contributed by atoms with Crippen molar-refractivity contribution in [1.82, 2.24) is 15.3 Å². The maximum Gasteiger partial charge on any atom is 0.257 e. The number of nitrogens with one attached hydrogen (secondary N) is 1. The van der Waals surface area contributed by atoms with Gasteiger partial charge in [0, 0.05) is 25.0 Å². The maximum atomic E-state index is 11.0. The van der Waals surface area contributed by atoms with Crippen molar-refractivity contribution in [3.8, 4) is 16.9 Å². The standard InChI is InChI=1S/C13H13N3O2/c1-14-13(17)8-18-12-4-2-10(3-5-12)11-6-15-9-16-7-11/h2-7,9H,8H2,1H3,(H,14,17). The number of nitrogens with zero attached hydrogens (tertiary/aromatic N) is 2. The van der Waals surface area contributed by atoms with Crippen LogP contribution in [0.3, 0.4) is 0 Å². The number of hydrogen-bond acceptors (Lipinski definition) is 4. The molecule has 1 aromatic carbocycles. The lowest BCUT2D eigenvalue weighted by molar-refractivity contribution is -0.122. The van der Waals surface area contributed by atoms with Crippen LogP contribution in [0, 0.1) is 0 Å². The van der Waals surface area contributed by atoms with E-state index in [1.807, 2.05) is 24.3 Å². The average molecular weight is 243 g/mol. The zero-order valence-corrected chi connectivity index (χ0v) is 9.96. The minimum absolute atomic E-state index is 0.0181. The third-order valence-electron chi connectivity index (χ3n) is 2.40. The Morgan fingerprint density at radius 3 is 2.44 bits per heavy atom. The molecule has 0 atom stereocenters. The van der Waals surface area contributed by atoms with Gasteiger partial charge in [-0.2, -0.15) is 0 Å². The van der Waals surface area contributed by atoms with E-state index in [4.69, 9.17) is 4.74 Å². The number of likely N-dealkylation sites (N-methyl/N-ethyl adjacent to an activating group) is 1. The molecule has 0 unspecified atom stereocenters. The number of carbonyl (C=O) groups excluding carboxylic acids is 1. The van der Waals surface area contributed by atoms with E-state index >= 15 is 0 Å². The Morgan fingerprint density at radius 1 is 1.17 bits per heavy atom. The predicted octanol–water partition coefficient (Wildman–Crippen LogP) is 1.27. The van der Waals surface area contributed by atoms with Crippen molar-refractivity contribution in [2.75, 3.05) is 13.7 Å². The van der Waals surface area contributed by atoms with Crippen LogP contribution in [0.1, 0.15) is 0 Å². The molecule has 5 nitrogen and oxygen atoms in total. The first-order chi connectivity index (χ1) is 8.79. The van der Waals surface area contributed by atoms with Crippen LogP contribution in [0.25, 0.3) is 11.1 Å². The molecule has 2 aromatic rings. The van der Waals surface area contributed by atoms with E-state index in [0.29, 0.717) is 5.75 Å². The molecule has 1 heterocycles. The van der Waals surface area contributed by atoms with Gasteiger partial charge in [-0.15, -0.1) is 0 Å². The predicted molar refractivity (Wildman–Crippen MR) is 67.0 cm³/mol. The molecular weight excluding hydrogens is 230 g/mol. The molecule has 0 bridgehead atoms. The van der Waals surface area contributed by atoms with E-state index < -0.39 is 0 Å². The van der Waals surface area contributed by atoms with Crippen LogP contribution in [0.4, 0.5) is 0 Å². The summed E-state index contributed by atoms with van der Waals surface area (Å²) in [7, 11) is 1.57. The first-order valence-corrected chi connectivity index (χ1v) is 5.48. The van der Waals surface area contributed by atoms with Gasteiger partial charge in [-0.05, 0) is 17.7 Å². The number of hydrogen-bond donors (Lipinski definition) is 1. The summed E-state index contributed by atoms with van der Waals surface area (Å²) < 4.78 is 5.31. The fourth-order valence-electron chi connectivity index (χ4n) is 1.41. The first kappa shape index (κ1) is 12.0. The van der Waals surface area contributed by atoms with Gasteiger partial charge < -0.3 is 10.1 Å². The van der Waals surface area contributed by atoms with Gasteiger partial charge in [0.2, 0.25) is 0 Å². The van der Waals surface area contributed by atoms with Crippen LogP contribution in [0.2, 0.25) is 0 Å². The van der Waals surface area contributed by atoms with Crippen molar-refractivity contribution >= 4 is 5.91 Å². The van der Waals surface area contributed by atoms with Gasteiger partial charge in [-0.25, -0.2) is 9.97 Å². The average Bonchev–Trinajstić information content (AvgIpc) is 2.46. The Kier molecular flexibility index (Phi) is 3.86. The van der Waals surface area contributed by atoms with Gasteiger partial charge in [0.15, 0.2) is 6.61 Å². The quantitative estimate of drug-likeness (QED) is 0.878. The number of ether oxygens (including phenoxy) is 1. The second kappa shape index (κ2) is 5.77. The molecule has 5 heteroatoms. The molecule has 18 heavy (non-hydrogen) atoms. The number of rotatable bonds is 4. The molecule has 0 spiro atoms. The number of carbonyl (C=O) groups is 1. The van der Waals surface area contributed by atoms with Crippen molar-refractivity contribution in [3.05, 3.63) is 43.0 Å². The normalized spacial score (nSPS) is 9.83. The Bertz CT molecular complexity index is 512. The highest BCUT2D eigenvalue weighted by atomic mass is 16.5. The summed E-state index contributed by atoms with van der Waals surface area (Å²) in [5.74, 6) is 0.495. The van der Waals surface area contributed by atoms with E-state index in [1.165, 1.54) is 6.33 Å². The lowest BCUT2D eigenvalue weighted by atomic mass is 10.1. The largest absolute Gasteiger partial charge is 0.484 e. The van der Waals surface area contributed by atoms with Crippen molar-refractivity contribution in [3.63, 3.8) is 0 Å². The van der Waals surface area contributed by atoms with E-state index in [2.05, 4.69) is 15.3 Å². The van der Waals surface area contributed by atoms with Gasteiger partial charge in [0.05, 0.1) is 0 Å². The van der Waals surface area contributed by atoms with Crippen LogP contribution < -0.4 is 10.1 Å². The Morgan fingerprint density at radius 2 is 1.83 bits per heavy atom. The van der Waals surface area contributed by atoms with E-state index in [-0.39, 0.29) is 12.5 Å². The lowest BCUT2D eigenvalue weighted by Gasteiger charge is -2.06. The van der Waals surface area contributed by atoms with Crippen molar-refractivity contribution in [1.29, 1.82) is 0 Å². The molecule has 0 radical (unpaired) electrons. The molecule has 1 N–H and O–H groups in total. The molecule has 92 valence electrons. The molecular formula is C13H13N3O2. The zero-order valence-electron chi connectivity index (χ0n) is 9.96. The number of aromatic nitrogens is 2. The highest BCUT2D eigenvalue weighted by Crippen LogP contribution is 2.20. The van der Waals surface area contributed by atoms with Crippen LogP contribution in [0.15, 0.2) is 43.0 Å². The molecule has 1 amide bonds. The minimum atomic E-state index is -0.157. The highest BCUT2D eigenvalue weighted by Gasteiger charge is 2.01. The van der Waals surface area contributed by atoms with E-state index in [1.54, 1.807) is 19.4 Å². The summed E-state index contributed by atoms with van der Waals surface area (Å²) in [6.07, 6.45) is 4.98. The second-order valence-electron chi connectivity index (χ2n) is 3.61. The smallest absolute Gasteiger partial charge is 0.257 e. The molecule has 0 saturated carbocycles. The summed E-state index contributed by atoms with van der Waals surface area (Å²) in [5.41, 5.74) is 1.94. The van der Waals surface area contributed by atoms with Crippen molar-refractivity contribution in [2.45, 2.75) is 0 Å². The Balaban J connectivity index is 2.04. The molecule has 0 aliphatic carbocycles. The van der Waals surface area contributed by atoms with Crippen LogP contribution >= 0.6 is 0 Å². The van der Waals surface area contributed by atoms with Gasteiger partial charge in [0.1, 0.15) is 12.1 Å². The highest BCUT2D eigenvalue weighted by molar-refractivity contribution is 5.77. The summed E-state index contributed by atoms with van der Waals surface area (Å²) in [6, 6.07) is 7.42. The number of benzene rings is 1. The topological polar surface area (TPSA) is 64.1 Å². The molecule has 1 aromatic heterocycles. The van der Waals surface area contributed by atoms with Gasteiger partial charge in [-0.1, -0.05) is 12.1 Å². The van der Waals surface area contributed by atoms with Gasteiger partial charge in [-0.3, -0.25) is 4.79 Å². The fourth-order valence-corrected chi connectivity index (χ4v) is 1.41. The van der Waals surface area contributed by atoms with Crippen LogP contribution in [0.5, 0.6) is 5.75 Å². The third kappa shape index (κ3) is 3.04. The summed E-state index contributed by atoms with van der Waals surface area (Å²) in [6.45, 7) is 0.0181. The second-order valence-corrected chi connectivity index (χ2v) is 3.61. The molecule has 0 fully saturated rings. The zero-order chi connectivity index (χ0) is 12.8. The number of amides is 1. The Hall–Kier alpha value is -2.43. The van der Waals surface area contributed by atoms with Crippen molar-refractivity contribution < 1.29 is 9.53 Å². The van der Waals surface area contributed by atoms with E-state index in [9.17, 15) is 4.79 Å². The van der Waals surface area contributed by atoms with Crippen LogP contribution in [-0.4, -0.2) is 29.5 Å². The maximum absolute atomic E-state index is 11.0. The summed E-state index contributed by atoms with van der Waals surface area (Å²) in [5, 5.41) is 2.49. The van der Waals surface area contributed by atoms with Crippen molar-refractivity contribution in [2.24, 2.45) is 0 Å². The molecule has 0 saturated heterocycles. The SMILES string of the molecule is CNC(=O)COc1ccc(-c2cncnc2)cc1. The van der Waals surface area contributed by atoms with Crippen LogP contribution in [-0.2, 0) is 4.79 Å². The lowest BCUT2D eigenvalue weighted by Crippen LogP contribution is -2.24. The minimum Gasteiger partial charge on any atom is -0.484 e.